The lowest BCUT2D eigenvalue weighted by atomic mass is 10.3. The fourth-order valence-corrected chi connectivity index (χ4v) is 0.519. The second-order valence-corrected chi connectivity index (χ2v) is 2.07. The summed E-state index contributed by atoms with van der Waals surface area (Å²) >= 11 is 0. The van der Waals surface area contributed by atoms with Gasteiger partial charge in [0.25, 0.3) is 0 Å². The van der Waals surface area contributed by atoms with Crippen LogP contribution in [0.1, 0.15) is 20.3 Å². The number of aliphatic hydroxyl groups excluding tert-OH is 1. The van der Waals surface area contributed by atoms with Gasteiger partial charge in [0, 0.05) is 12.5 Å². The highest BCUT2D eigenvalue weighted by molar-refractivity contribution is 5.97. The molecule has 0 aliphatic rings. The second kappa shape index (κ2) is 5.35. The Labute approximate surface area is 70.8 Å². The summed E-state index contributed by atoms with van der Waals surface area (Å²) in [5.41, 5.74) is 0. The predicted molar refractivity (Wildman–Crippen MR) is 42.6 cm³/mol. The van der Waals surface area contributed by atoms with Crippen LogP contribution in [0.4, 0.5) is 0 Å². The molecule has 0 atom stereocenters. The number of aliphatic hydroxyl groups is 1. The van der Waals surface area contributed by atoms with Crippen LogP contribution in [0.5, 0.6) is 0 Å². The Hall–Kier alpha value is -1.32. The molecule has 0 radical (unpaired) electrons. The smallest absolute Gasteiger partial charge is 0.373 e. The fourth-order valence-electron chi connectivity index (χ4n) is 0.519. The van der Waals surface area contributed by atoms with Crippen molar-refractivity contribution in [3.8, 4) is 0 Å². The molecule has 4 nitrogen and oxygen atoms in total. The topological polar surface area (TPSA) is 63.6 Å². The van der Waals surface area contributed by atoms with Gasteiger partial charge in [0.2, 0.25) is 5.76 Å². The summed E-state index contributed by atoms with van der Waals surface area (Å²) in [5.74, 6) is -1.80. The van der Waals surface area contributed by atoms with E-state index in [4.69, 9.17) is 5.11 Å². The van der Waals surface area contributed by atoms with Gasteiger partial charge in [-0.2, -0.15) is 0 Å². The van der Waals surface area contributed by atoms with Gasteiger partial charge < -0.3 is 9.84 Å². The van der Waals surface area contributed by atoms with E-state index in [1.807, 2.05) is 0 Å². The first-order chi connectivity index (χ1) is 5.61. The molecule has 0 heterocycles. The third-order valence-electron chi connectivity index (χ3n) is 1.13. The number of esters is 1. The molecule has 0 bridgehead atoms. The van der Waals surface area contributed by atoms with Gasteiger partial charge in [-0.25, -0.2) is 4.79 Å². The lowest BCUT2D eigenvalue weighted by Crippen LogP contribution is -2.08. The third-order valence-corrected chi connectivity index (χ3v) is 1.13. The number of allylic oxidation sites excluding steroid dienone is 1. The second-order valence-electron chi connectivity index (χ2n) is 2.07. The summed E-state index contributed by atoms with van der Waals surface area (Å²) in [5, 5.41) is 8.92. The molecule has 4 heteroatoms. The Balaban J connectivity index is 4.17. The van der Waals surface area contributed by atoms with E-state index in [0.29, 0.717) is 0 Å². The highest BCUT2D eigenvalue weighted by atomic mass is 16.5. The first-order valence-corrected chi connectivity index (χ1v) is 3.72. The molecule has 0 rings (SSSR count). The van der Waals surface area contributed by atoms with Gasteiger partial charge in [-0.05, 0) is 6.92 Å². The van der Waals surface area contributed by atoms with Gasteiger partial charge in [0.15, 0.2) is 5.78 Å². The van der Waals surface area contributed by atoms with Crippen molar-refractivity contribution in [2.45, 2.75) is 20.3 Å². The SMILES string of the molecule is CCOC(=O)/C(O)=C/C(=O)CC. The highest BCUT2D eigenvalue weighted by Crippen LogP contribution is 1.95. The average Bonchev–Trinajstić information content (AvgIpc) is 2.04. The molecule has 0 fully saturated rings. The van der Waals surface area contributed by atoms with E-state index in [1.54, 1.807) is 13.8 Å². The van der Waals surface area contributed by atoms with Crippen LogP contribution in [0.15, 0.2) is 11.8 Å². The molecule has 0 aliphatic heterocycles. The van der Waals surface area contributed by atoms with E-state index in [1.165, 1.54) is 0 Å². The van der Waals surface area contributed by atoms with Crippen molar-refractivity contribution in [1.29, 1.82) is 0 Å². The molecule has 0 saturated heterocycles. The van der Waals surface area contributed by atoms with Crippen LogP contribution >= 0.6 is 0 Å². The number of hydrogen-bond donors (Lipinski definition) is 1. The van der Waals surface area contributed by atoms with Crippen LogP contribution in [0.3, 0.4) is 0 Å². The molecule has 0 unspecified atom stereocenters. The van der Waals surface area contributed by atoms with Crippen LogP contribution in [-0.2, 0) is 14.3 Å². The number of hydrogen-bond acceptors (Lipinski definition) is 4. The summed E-state index contributed by atoms with van der Waals surface area (Å²) in [6.07, 6.45) is 1.13. The van der Waals surface area contributed by atoms with Crippen molar-refractivity contribution in [2.24, 2.45) is 0 Å². The van der Waals surface area contributed by atoms with E-state index >= 15 is 0 Å². The molecule has 0 aromatic carbocycles. The minimum Gasteiger partial charge on any atom is -0.502 e. The summed E-state index contributed by atoms with van der Waals surface area (Å²) in [4.78, 5) is 21.4. The van der Waals surface area contributed by atoms with Gasteiger partial charge in [0.05, 0.1) is 6.61 Å². The molecule has 1 N–H and O–H groups in total. The van der Waals surface area contributed by atoms with Crippen LogP contribution in [0.2, 0.25) is 0 Å². The molecular formula is C8H12O4. The number of ketones is 1. The molecule has 0 amide bonds. The van der Waals surface area contributed by atoms with E-state index in [9.17, 15) is 9.59 Å². The van der Waals surface area contributed by atoms with Crippen molar-refractivity contribution in [3.05, 3.63) is 11.8 Å². The van der Waals surface area contributed by atoms with Crippen LogP contribution < -0.4 is 0 Å². The minimum absolute atomic E-state index is 0.178. The normalized spacial score (nSPS) is 11.0. The van der Waals surface area contributed by atoms with Crippen LogP contribution in [0.25, 0.3) is 0 Å². The zero-order valence-electron chi connectivity index (χ0n) is 7.16. The number of carbonyl (C=O) groups excluding carboxylic acids is 2. The average molecular weight is 172 g/mol. The Morgan fingerprint density at radius 1 is 1.42 bits per heavy atom. The maximum absolute atomic E-state index is 10.7. The summed E-state index contributed by atoms with van der Waals surface area (Å²) < 4.78 is 4.44. The zero-order chi connectivity index (χ0) is 9.56. The standard InChI is InChI=1S/C8H12O4/c1-3-6(9)5-7(10)8(11)12-4-2/h5,10H,3-4H2,1-2H3/b7-5-. The van der Waals surface area contributed by atoms with Crippen molar-refractivity contribution in [1.82, 2.24) is 0 Å². The van der Waals surface area contributed by atoms with Crippen molar-refractivity contribution in [2.75, 3.05) is 6.61 Å². The number of ether oxygens (including phenoxy) is 1. The largest absolute Gasteiger partial charge is 0.502 e. The molecule has 0 aromatic heterocycles. The molecule has 0 aromatic rings. The van der Waals surface area contributed by atoms with Crippen molar-refractivity contribution < 1.29 is 19.4 Å². The van der Waals surface area contributed by atoms with Crippen LogP contribution in [0, 0.1) is 0 Å². The first kappa shape index (κ1) is 10.7. The van der Waals surface area contributed by atoms with E-state index < -0.39 is 11.7 Å². The van der Waals surface area contributed by atoms with Gasteiger partial charge in [0.1, 0.15) is 0 Å². The minimum atomic E-state index is -0.862. The fraction of sp³-hybridized carbons (Fsp3) is 0.500. The van der Waals surface area contributed by atoms with Gasteiger partial charge in [-0.15, -0.1) is 0 Å². The van der Waals surface area contributed by atoms with E-state index in [0.717, 1.165) is 6.08 Å². The monoisotopic (exact) mass is 172 g/mol. The van der Waals surface area contributed by atoms with E-state index in [-0.39, 0.29) is 18.8 Å². The Morgan fingerprint density at radius 2 is 2.00 bits per heavy atom. The van der Waals surface area contributed by atoms with Crippen LogP contribution in [-0.4, -0.2) is 23.5 Å². The Bertz CT molecular complexity index is 205. The molecule has 0 aliphatic carbocycles. The molecule has 68 valence electrons. The maximum Gasteiger partial charge on any atom is 0.373 e. The van der Waals surface area contributed by atoms with Gasteiger partial charge >= 0.3 is 5.97 Å². The summed E-state index contributed by atoms with van der Waals surface area (Å²) in [6.45, 7) is 3.43. The molecular weight excluding hydrogens is 160 g/mol. The van der Waals surface area contributed by atoms with E-state index in [2.05, 4.69) is 4.74 Å². The maximum atomic E-state index is 10.7. The molecule has 12 heavy (non-hydrogen) atoms. The lowest BCUT2D eigenvalue weighted by Gasteiger charge is -1.98. The Morgan fingerprint density at radius 3 is 2.42 bits per heavy atom. The van der Waals surface area contributed by atoms with Gasteiger partial charge in [-0.3, -0.25) is 4.79 Å². The number of rotatable bonds is 4. The van der Waals surface area contributed by atoms with Gasteiger partial charge in [-0.1, -0.05) is 6.92 Å². The van der Waals surface area contributed by atoms with Crippen molar-refractivity contribution in [3.63, 3.8) is 0 Å². The third kappa shape index (κ3) is 3.75. The summed E-state index contributed by atoms with van der Waals surface area (Å²) in [7, 11) is 0. The quantitative estimate of drug-likeness (QED) is 0.390. The molecule has 0 saturated carbocycles. The number of carbonyl (C=O) groups is 2. The summed E-state index contributed by atoms with van der Waals surface area (Å²) in [6, 6.07) is 0. The van der Waals surface area contributed by atoms with Crippen molar-refractivity contribution >= 4 is 11.8 Å². The Kier molecular flexibility index (Phi) is 4.76. The lowest BCUT2D eigenvalue weighted by molar-refractivity contribution is -0.141. The predicted octanol–water partition coefficient (Wildman–Crippen LogP) is 0.971. The molecule has 0 spiro atoms. The zero-order valence-corrected chi connectivity index (χ0v) is 7.16. The highest BCUT2D eigenvalue weighted by Gasteiger charge is 2.08. The first-order valence-electron chi connectivity index (χ1n) is 3.72.